The Balaban J connectivity index is 1.42. The number of imidazole rings is 1. The van der Waals surface area contributed by atoms with E-state index in [1.165, 1.54) is 0 Å². The summed E-state index contributed by atoms with van der Waals surface area (Å²) in [4.78, 5) is 11.1. The van der Waals surface area contributed by atoms with Crippen molar-refractivity contribution >= 4 is 16.5 Å². The van der Waals surface area contributed by atoms with Crippen molar-refractivity contribution in [3.8, 4) is 0 Å². The average Bonchev–Trinajstić information content (AvgIpc) is 3.27. The minimum Gasteiger partial charge on any atom is -0.383 e. The number of aromatic nitrogens is 2. The Kier molecular flexibility index (Phi) is 7.39. The Morgan fingerprint density at radius 2 is 1.91 bits per heavy atom. The summed E-state index contributed by atoms with van der Waals surface area (Å²) in [6.45, 7) is 12.9. The number of rotatable bonds is 8. The zero-order valence-corrected chi connectivity index (χ0v) is 20.1. The van der Waals surface area contributed by atoms with Gasteiger partial charge in [0.05, 0.1) is 40.7 Å². The van der Waals surface area contributed by atoms with Gasteiger partial charge < -0.3 is 9.30 Å². The highest BCUT2D eigenvalue weighted by molar-refractivity contribution is 7.86. The van der Waals surface area contributed by atoms with Crippen molar-refractivity contribution in [3.05, 3.63) is 89.3 Å². The smallest absolute Gasteiger partial charge is 0.187 e. The van der Waals surface area contributed by atoms with Crippen molar-refractivity contribution in [1.82, 2.24) is 14.5 Å². The minimum absolute atomic E-state index is 0.357. The van der Waals surface area contributed by atoms with Gasteiger partial charge in [0, 0.05) is 44.4 Å². The van der Waals surface area contributed by atoms with E-state index in [9.17, 15) is 4.21 Å². The summed E-state index contributed by atoms with van der Waals surface area (Å²) in [7, 11) is 0.583. The van der Waals surface area contributed by atoms with E-state index in [4.69, 9.17) is 11.3 Å². The van der Waals surface area contributed by atoms with Crippen LogP contribution in [0.5, 0.6) is 0 Å². The molecule has 0 aliphatic carbocycles. The number of hydrogen-bond acceptors (Lipinski definition) is 4. The molecule has 0 bridgehead atoms. The second kappa shape index (κ2) is 10.4. The monoisotopic (exact) mass is 462 g/mol. The SMILES string of the molecule is [C-]#[N+]c1ccc(Cn2cncc2CN2CCC(COC)(S(=O)c3cccc(C)c3)CC2)cc1. The second-order valence-corrected chi connectivity index (χ2v) is 10.6. The summed E-state index contributed by atoms with van der Waals surface area (Å²) in [6, 6.07) is 15.7. The fourth-order valence-corrected chi connectivity index (χ4v) is 6.24. The molecule has 0 saturated carbocycles. The topological polar surface area (TPSA) is 51.7 Å². The Bertz CT molecular complexity index is 1140. The summed E-state index contributed by atoms with van der Waals surface area (Å²) < 4.78 is 20.9. The highest BCUT2D eigenvalue weighted by Crippen LogP contribution is 2.33. The third-order valence-corrected chi connectivity index (χ3v) is 8.37. The quantitative estimate of drug-likeness (QED) is 0.460. The van der Waals surface area contributed by atoms with Crippen LogP contribution in [0.3, 0.4) is 0 Å². The maximum atomic E-state index is 13.6. The Hall–Kier alpha value is -2.79. The van der Waals surface area contributed by atoms with Crippen LogP contribution in [0, 0.1) is 13.5 Å². The number of aryl methyl sites for hydroxylation is 1. The zero-order chi connectivity index (χ0) is 23.3. The van der Waals surface area contributed by atoms with E-state index in [0.29, 0.717) is 12.3 Å². The fourth-order valence-electron chi connectivity index (χ4n) is 4.47. The molecule has 1 aromatic heterocycles. The molecule has 6 nitrogen and oxygen atoms in total. The predicted molar refractivity (Wildman–Crippen MR) is 131 cm³/mol. The largest absolute Gasteiger partial charge is 0.383 e. The molecular formula is C26H30N4O2S. The minimum atomic E-state index is -1.12. The zero-order valence-electron chi connectivity index (χ0n) is 19.2. The van der Waals surface area contributed by atoms with Gasteiger partial charge in [-0.15, -0.1) is 0 Å². The lowest BCUT2D eigenvalue weighted by molar-refractivity contribution is 0.111. The van der Waals surface area contributed by atoms with Gasteiger partial charge in [-0.05, 0) is 43.0 Å². The van der Waals surface area contributed by atoms with E-state index < -0.39 is 10.8 Å². The summed E-state index contributed by atoms with van der Waals surface area (Å²) >= 11 is 0. The molecular weight excluding hydrogens is 432 g/mol. The summed E-state index contributed by atoms with van der Waals surface area (Å²) in [5.41, 5.74) is 4.08. The van der Waals surface area contributed by atoms with Gasteiger partial charge in [0.1, 0.15) is 0 Å². The molecule has 1 unspecified atom stereocenters. The molecule has 4 rings (SSSR count). The summed E-state index contributed by atoms with van der Waals surface area (Å²) in [6.07, 6.45) is 5.45. The summed E-state index contributed by atoms with van der Waals surface area (Å²) in [5.74, 6) is 0. The lowest BCUT2D eigenvalue weighted by Crippen LogP contribution is -2.49. The lowest BCUT2D eigenvalue weighted by atomic mass is 9.96. The first kappa shape index (κ1) is 23.4. The van der Waals surface area contributed by atoms with Gasteiger partial charge in [-0.3, -0.25) is 9.11 Å². The normalized spacial score (nSPS) is 16.9. The molecule has 7 heteroatoms. The standard InChI is InChI=1S/C26H30N4O2S/c1-21-5-4-6-25(15-21)33(31)26(19-32-3)11-13-29(14-12-26)18-24-16-28-20-30(24)17-22-7-9-23(27-2)10-8-22/h4-10,15-16,20H,11-14,17-19H2,1,3H3. The molecule has 2 aromatic carbocycles. The Labute approximate surface area is 198 Å². The van der Waals surface area contributed by atoms with Crippen LogP contribution in [-0.4, -0.2) is 50.2 Å². The highest BCUT2D eigenvalue weighted by Gasteiger charge is 2.41. The van der Waals surface area contributed by atoms with E-state index in [-0.39, 0.29) is 4.75 Å². The molecule has 1 aliphatic rings. The van der Waals surface area contributed by atoms with Crippen molar-refractivity contribution in [1.29, 1.82) is 0 Å². The maximum absolute atomic E-state index is 13.6. The molecule has 0 N–H and O–H groups in total. The third-order valence-electron chi connectivity index (χ3n) is 6.37. The van der Waals surface area contributed by atoms with Crippen molar-refractivity contribution in [2.24, 2.45) is 0 Å². The van der Waals surface area contributed by atoms with Crippen LogP contribution in [-0.2, 0) is 28.6 Å². The van der Waals surface area contributed by atoms with Crippen LogP contribution in [0.15, 0.2) is 66.0 Å². The van der Waals surface area contributed by atoms with Gasteiger partial charge in [0.15, 0.2) is 5.69 Å². The van der Waals surface area contributed by atoms with Gasteiger partial charge in [0.25, 0.3) is 0 Å². The third kappa shape index (κ3) is 5.41. The highest BCUT2D eigenvalue weighted by atomic mass is 32.2. The van der Waals surface area contributed by atoms with Gasteiger partial charge in [-0.2, -0.15) is 0 Å². The molecule has 0 radical (unpaired) electrons. The lowest BCUT2D eigenvalue weighted by Gasteiger charge is -2.40. The van der Waals surface area contributed by atoms with Gasteiger partial charge in [0.2, 0.25) is 0 Å². The number of likely N-dealkylation sites (tertiary alicyclic amines) is 1. The molecule has 1 saturated heterocycles. The van der Waals surface area contributed by atoms with Crippen molar-refractivity contribution in [2.45, 2.75) is 42.5 Å². The first-order chi connectivity index (χ1) is 16.0. The van der Waals surface area contributed by atoms with Crippen LogP contribution >= 0.6 is 0 Å². The molecule has 0 amide bonds. The van der Waals surface area contributed by atoms with Crippen LogP contribution < -0.4 is 0 Å². The van der Waals surface area contributed by atoms with Gasteiger partial charge in [-0.25, -0.2) is 9.83 Å². The number of nitrogens with zero attached hydrogens (tertiary/aromatic N) is 4. The predicted octanol–water partition coefficient (Wildman–Crippen LogP) is 4.58. The van der Waals surface area contributed by atoms with Crippen molar-refractivity contribution in [3.63, 3.8) is 0 Å². The first-order valence-corrected chi connectivity index (χ1v) is 12.3. The van der Waals surface area contributed by atoms with E-state index in [1.54, 1.807) is 7.11 Å². The van der Waals surface area contributed by atoms with Crippen molar-refractivity contribution < 1.29 is 8.95 Å². The molecule has 3 aromatic rings. The Morgan fingerprint density at radius 3 is 2.58 bits per heavy atom. The van der Waals surface area contributed by atoms with E-state index in [2.05, 4.69) is 19.3 Å². The molecule has 33 heavy (non-hydrogen) atoms. The average molecular weight is 463 g/mol. The van der Waals surface area contributed by atoms with Gasteiger partial charge >= 0.3 is 0 Å². The number of benzene rings is 2. The molecule has 2 heterocycles. The number of hydrogen-bond donors (Lipinski definition) is 0. The van der Waals surface area contributed by atoms with E-state index >= 15 is 0 Å². The van der Waals surface area contributed by atoms with Gasteiger partial charge in [-0.1, -0.05) is 36.4 Å². The Morgan fingerprint density at radius 1 is 1.15 bits per heavy atom. The van der Waals surface area contributed by atoms with Crippen molar-refractivity contribution in [2.75, 3.05) is 26.8 Å². The van der Waals surface area contributed by atoms with Crippen LogP contribution in [0.1, 0.15) is 29.7 Å². The molecule has 1 aliphatic heterocycles. The van der Waals surface area contributed by atoms with E-state index in [1.807, 2.05) is 68.0 Å². The summed E-state index contributed by atoms with van der Waals surface area (Å²) in [5, 5.41) is 0. The van der Waals surface area contributed by atoms with E-state index in [0.717, 1.165) is 60.7 Å². The van der Waals surface area contributed by atoms with Crippen LogP contribution in [0.2, 0.25) is 0 Å². The number of ether oxygens (including phenoxy) is 1. The molecule has 0 spiro atoms. The molecule has 172 valence electrons. The maximum Gasteiger partial charge on any atom is 0.187 e. The first-order valence-electron chi connectivity index (χ1n) is 11.2. The van der Waals surface area contributed by atoms with Crippen LogP contribution in [0.25, 0.3) is 4.85 Å². The fraction of sp³-hybridized carbons (Fsp3) is 0.385. The number of piperidine rings is 1. The molecule has 1 atom stereocenters. The number of methoxy groups -OCH3 is 1. The van der Waals surface area contributed by atoms with Crippen LogP contribution in [0.4, 0.5) is 5.69 Å². The molecule has 1 fully saturated rings. The second-order valence-electron chi connectivity index (χ2n) is 8.77.